The van der Waals surface area contributed by atoms with Crippen LogP contribution < -0.4 is 5.32 Å². The molecule has 0 saturated carbocycles. The summed E-state index contributed by atoms with van der Waals surface area (Å²) in [4.78, 5) is 23.6. The lowest BCUT2D eigenvalue weighted by atomic mass is 10.1. The van der Waals surface area contributed by atoms with E-state index in [4.69, 9.17) is 11.6 Å². The van der Waals surface area contributed by atoms with Crippen molar-refractivity contribution in [1.82, 2.24) is 5.32 Å². The quantitative estimate of drug-likeness (QED) is 0.824. The Balaban J connectivity index is 1.76. The van der Waals surface area contributed by atoms with Gasteiger partial charge in [-0.25, -0.2) is 4.39 Å². The van der Waals surface area contributed by atoms with Crippen LogP contribution in [0.5, 0.6) is 0 Å². The fourth-order valence-corrected chi connectivity index (χ4v) is 2.02. The number of carbonyl (C=O) groups is 2. The van der Waals surface area contributed by atoms with Gasteiger partial charge >= 0.3 is 0 Å². The second-order valence-corrected chi connectivity index (χ2v) is 5.27. The lowest BCUT2D eigenvalue weighted by Crippen LogP contribution is -2.23. The summed E-state index contributed by atoms with van der Waals surface area (Å²) in [5, 5.41) is 3.26. The van der Waals surface area contributed by atoms with Gasteiger partial charge < -0.3 is 5.32 Å². The van der Waals surface area contributed by atoms with Crippen LogP contribution in [-0.4, -0.2) is 11.7 Å². The van der Waals surface area contributed by atoms with Crippen LogP contribution >= 0.6 is 11.6 Å². The molecular weight excluding hydrogens is 305 g/mol. The molecule has 0 fully saturated rings. The Morgan fingerprint density at radius 1 is 0.955 bits per heavy atom. The minimum atomic E-state index is -0.316. The highest BCUT2D eigenvalue weighted by atomic mass is 35.5. The molecule has 2 rings (SSSR count). The Morgan fingerprint density at radius 2 is 1.59 bits per heavy atom. The molecule has 0 radical (unpaired) electrons. The van der Waals surface area contributed by atoms with Crippen molar-refractivity contribution in [3.63, 3.8) is 0 Å². The smallest absolute Gasteiger partial charge is 0.220 e. The van der Waals surface area contributed by atoms with Gasteiger partial charge in [0, 0.05) is 30.0 Å². The first-order valence-corrected chi connectivity index (χ1v) is 7.22. The topological polar surface area (TPSA) is 46.2 Å². The monoisotopic (exact) mass is 319 g/mol. The van der Waals surface area contributed by atoms with Gasteiger partial charge in [-0.1, -0.05) is 23.7 Å². The maximum atomic E-state index is 12.7. The Kier molecular flexibility index (Phi) is 5.67. The summed E-state index contributed by atoms with van der Waals surface area (Å²) in [5.74, 6) is -0.635. The predicted octanol–water partition coefficient (Wildman–Crippen LogP) is 3.76. The highest BCUT2D eigenvalue weighted by Crippen LogP contribution is 2.12. The number of halogens is 2. The number of benzene rings is 2. The van der Waals surface area contributed by atoms with Gasteiger partial charge in [-0.15, -0.1) is 0 Å². The van der Waals surface area contributed by atoms with E-state index in [0.717, 1.165) is 5.56 Å². The Bertz CT molecular complexity index is 653. The summed E-state index contributed by atoms with van der Waals surface area (Å²) in [6.07, 6.45) is 0.250. The van der Waals surface area contributed by atoms with E-state index in [-0.39, 0.29) is 30.3 Å². The minimum absolute atomic E-state index is 0.103. The summed E-state index contributed by atoms with van der Waals surface area (Å²) >= 11 is 5.75. The number of carbonyl (C=O) groups excluding carboxylic acids is 2. The molecule has 0 aromatic heterocycles. The molecule has 0 atom stereocenters. The van der Waals surface area contributed by atoms with E-state index in [1.54, 1.807) is 36.4 Å². The van der Waals surface area contributed by atoms with Crippen LogP contribution in [0.2, 0.25) is 5.02 Å². The number of rotatable bonds is 6. The van der Waals surface area contributed by atoms with Gasteiger partial charge in [0.1, 0.15) is 5.82 Å². The van der Waals surface area contributed by atoms with Gasteiger partial charge in [0.15, 0.2) is 5.78 Å². The van der Waals surface area contributed by atoms with Gasteiger partial charge in [-0.05, 0) is 42.0 Å². The van der Waals surface area contributed by atoms with Crippen molar-refractivity contribution in [2.45, 2.75) is 19.4 Å². The van der Waals surface area contributed by atoms with Crippen molar-refractivity contribution >= 4 is 23.3 Å². The molecule has 2 aromatic rings. The first-order chi connectivity index (χ1) is 10.5. The van der Waals surface area contributed by atoms with Crippen molar-refractivity contribution in [3.8, 4) is 0 Å². The van der Waals surface area contributed by atoms with Crippen molar-refractivity contribution < 1.29 is 14.0 Å². The summed E-state index contributed by atoms with van der Waals surface area (Å²) in [5.41, 5.74) is 1.34. The van der Waals surface area contributed by atoms with Crippen LogP contribution in [0.3, 0.4) is 0 Å². The first-order valence-electron chi connectivity index (χ1n) is 6.84. The van der Waals surface area contributed by atoms with Crippen molar-refractivity contribution in [3.05, 3.63) is 70.5 Å². The summed E-state index contributed by atoms with van der Waals surface area (Å²) < 4.78 is 12.7. The zero-order valence-electron chi connectivity index (χ0n) is 11.8. The van der Waals surface area contributed by atoms with Gasteiger partial charge in [0.25, 0.3) is 0 Å². The van der Waals surface area contributed by atoms with E-state index < -0.39 is 0 Å². The number of ketones is 1. The number of hydrogen-bond donors (Lipinski definition) is 1. The second-order valence-electron chi connectivity index (χ2n) is 4.83. The van der Waals surface area contributed by atoms with Gasteiger partial charge in [-0.3, -0.25) is 9.59 Å². The zero-order valence-corrected chi connectivity index (χ0v) is 12.6. The van der Waals surface area contributed by atoms with Crippen LogP contribution in [-0.2, 0) is 11.3 Å². The van der Waals surface area contributed by atoms with Gasteiger partial charge in [-0.2, -0.15) is 0 Å². The van der Waals surface area contributed by atoms with Crippen molar-refractivity contribution in [1.29, 1.82) is 0 Å². The molecule has 0 aliphatic rings. The van der Waals surface area contributed by atoms with E-state index in [1.807, 2.05) is 0 Å². The standard InChI is InChI=1S/C17H15ClFNO2/c18-14-5-3-13(4-6-14)16(21)9-10-17(22)20-11-12-1-7-15(19)8-2-12/h1-8H,9-11H2,(H,20,22). The molecule has 0 bridgehead atoms. The second kappa shape index (κ2) is 7.71. The molecule has 1 amide bonds. The maximum absolute atomic E-state index is 12.7. The molecule has 0 unspecified atom stereocenters. The lowest BCUT2D eigenvalue weighted by molar-refractivity contribution is -0.121. The average Bonchev–Trinajstić information content (AvgIpc) is 2.52. The lowest BCUT2D eigenvalue weighted by Gasteiger charge is -2.05. The molecule has 0 heterocycles. The van der Waals surface area contributed by atoms with Crippen LogP contribution in [0, 0.1) is 5.82 Å². The van der Waals surface area contributed by atoms with Gasteiger partial charge in [0.2, 0.25) is 5.91 Å². The third-order valence-corrected chi connectivity index (χ3v) is 3.40. The molecule has 0 saturated heterocycles. The molecule has 1 N–H and O–H groups in total. The molecule has 2 aromatic carbocycles. The van der Waals surface area contributed by atoms with Gasteiger partial charge in [0.05, 0.1) is 0 Å². The van der Waals surface area contributed by atoms with E-state index in [9.17, 15) is 14.0 Å². The van der Waals surface area contributed by atoms with E-state index in [0.29, 0.717) is 17.1 Å². The number of amides is 1. The first kappa shape index (κ1) is 16.2. The molecule has 114 valence electrons. The average molecular weight is 320 g/mol. The third kappa shape index (κ3) is 4.97. The highest BCUT2D eigenvalue weighted by molar-refractivity contribution is 6.30. The minimum Gasteiger partial charge on any atom is -0.352 e. The number of nitrogens with one attached hydrogen (secondary N) is 1. The number of hydrogen-bond acceptors (Lipinski definition) is 2. The summed E-state index contributed by atoms with van der Waals surface area (Å²) in [6, 6.07) is 12.5. The van der Waals surface area contributed by atoms with Crippen LogP contribution in [0.25, 0.3) is 0 Å². The van der Waals surface area contributed by atoms with E-state index in [2.05, 4.69) is 5.32 Å². The Morgan fingerprint density at radius 3 is 2.23 bits per heavy atom. The van der Waals surface area contributed by atoms with E-state index in [1.165, 1.54) is 12.1 Å². The Hall–Kier alpha value is -2.20. The highest BCUT2D eigenvalue weighted by Gasteiger charge is 2.09. The zero-order chi connectivity index (χ0) is 15.9. The molecule has 0 aliphatic heterocycles. The van der Waals surface area contributed by atoms with Crippen molar-refractivity contribution in [2.75, 3.05) is 0 Å². The van der Waals surface area contributed by atoms with Crippen LogP contribution in [0.1, 0.15) is 28.8 Å². The molecular formula is C17H15ClFNO2. The Labute approximate surface area is 133 Å². The molecule has 5 heteroatoms. The van der Waals surface area contributed by atoms with Crippen LogP contribution in [0.4, 0.5) is 4.39 Å². The van der Waals surface area contributed by atoms with Crippen molar-refractivity contribution in [2.24, 2.45) is 0 Å². The normalized spacial score (nSPS) is 10.3. The fourth-order valence-electron chi connectivity index (χ4n) is 1.90. The van der Waals surface area contributed by atoms with Crippen LogP contribution in [0.15, 0.2) is 48.5 Å². The SMILES string of the molecule is O=C(CCC(=O)c1ccc(Cl)cc1)NCc1ccc(F)cc1. The number of Topliss-reactive ketones (excluding diaryl/α,β-unsaturated/α-hetero) is 1. The maximum Gasteiger partial charge on any atom is 0.220 e. The molecule has 0 aliphatic carbocycles. The largest absolute Gasteiger partial charge is 0.352 e. The van der Waals surface area contributed by atoms with E-state index >= 15 is 0 Å². The fraction of sp³-hybridized carbons (Fsp3) is 0.176. The summed E-state index contributed by atoms with van der Waals surface area (Å²) in [6.45, 7) is 0.314. The molecule has 0 spiro atoms. The summed E-state index contributed by atoms with van der Waals surface area (Å²) in [7, 11) is 0. The third-order valence-electron chi connectivity index (χ3n) is 3.15. The molecule has 22 heavy (non-hydrogen) atoms. The predicted molar refractivity (Wildman–Crippen MR) is 83.3 cm³/mol. The molecule has 3 nitrogen and oxygen atoms in total.